The first kappa shape index (κ1) is 25.7. The van der Waals surface area contributed by atoms with Crippen LogP contribution in [0, 0.1) is 5.82 Å². The van der Waals surface area contributed by atoms with Gasteiger partial charge >= 0.3 is 0 Å². The summed E-state index contributed by atoms with van der Waals surface area (Å²) in [6, 6.07) is 16.3. The van der Waals surface area contributed by atoms with Gasteiger partial charge in [-0.25, -0.2) is 14.4 Å². The van der Waals surface area contributed by atoms with Crippen molar-refractivity contribution >= 4 is 57.4 Å². The Balaban J connectivity index is 1.48. The summed E-state index contributed by atoms with van der Waals surface area (Å²) in [5.74, 6) is 1.27. The molecular weight excluding hydrogens is 501 g/mol. The smallest absolute Gasteiger partial charge is 0.241 e. The Labute approximate surface area is 217 Å². The molecule has 3 aromatic carbocycles. The van der Waals surface area contributed by atoms with Crippen molar-refractivity contribution in [3.05, 3.63) is 83.4 Å². The minimum absolute atomic E-state index is 0.191. The third kappa shape index (κ3) is 6.63. The molecule has 0 fully saturated rings. The molecule has 4 rings (SSSR count). The highest BCUT2D eigenvalue weighted by Gasteiger charge is 2.14. The maximum Gasteiger partial charge on any atom is 0.241 e. The largest absolute Gasteiger partial charge is 0.487 e. The van der Waals surface area contributed by atoms with E-state index in [2.05, 4.69) is 20.6 Å². The van der Waals surface area contributed by atoms with Crippen LogP contribution >= 0.6 is 23.4 Å². The fourth-order valence-corrected chi connectivity index (χ4v) is 4.19. The van der Waals surface area contributed by atoms with E-state index in [0.717, 1.165) is 11.1 Å². The summed E-state index contributed by atoms with van der Waals surface area (Å²) in [6.45, 7) is 0.191. The monoisotopic (exact) mass is 525 g/mol. The minimum atomic E-state index is -0.582. The summed E-state index contributed by atoms with van der Waals surface area (Å²) in [5.41, 5.74) is 8.68. The van der Waals surface area contributed by atoms with Crippen molar-refractivity contribution in [2.24, 2.45) is 5.73 Å². The zero-order valence-corrected chi connectivity index (χ0v) is 21.1. The Kier molecular flexibility index (Phi) is 8.58. The molecule has 1 aromatic heterocycles. The summed E-state index contributed by atoms with van der Waals surface area (Å²) in [4.78, 5) is 21.1. The van der Waals surface area contributed by atoms with E-state index in [1.54, 1.807) is 54.2 Å². The first-order chi connectivity index (χ1) is 17.4. The fraction of sp³-hybridized carbons (Fsp3) is 0.192. The predicted molar refractivity (Wildman–Crippen MR) is 145 cm³/mol. The highest BCUT2D eigenvalue weighted by Crippen LogP contribution is 2.31. The van der Waals surface area contributed by atoms with Crippen molar-refractivity contribution in [1.82, 2.24) is 9.97 Å². The van der Waals surface area contributed by atoms with Crippen molar-refractivity contribution in [2.45, 2.75) is 19.1 Å². The molecule has 4 N–H and O–H groups in total. The minimum Gasteiger partial charge on any atom is -0.487 e. The summed E-state index contributed by atoms with van der Waals surface area (Å²) >= 11 is 8.07. The van der Waals surface area contributed by atoms with Gasteiger partial charge in [0.2, 0.25) is 5.91 Å². The number of amides is 1. The number of rotatable bonds is 10. The van der Waals surface area contributed by atoms with Gasteiger partial charge in [0, 0.05) is 16.8 Å². The van der Waals surface area contributed by atoms with E-state index >= 15 is 0 Å². The lowest BCUT2D eigenvalue weighted by molar-refractivity contribution is -0.117. The van der Waals surface area contributed by atoms with E-state index < -0.39 is 6.04 Å². The molecule has 0 aliphatic rings. The van der Waals surface area contributed by atoms with E-state index in [-0.39, 0.29) is 18.3 Å². The van der Waals surface area contributed by atoms with Gasteiger partial charge < -0.3 is 21.1 Å². The van der Waals surface area contributed by atoms with Crippen LogP contribution in [0.1, 0.15) is 12.0 Å². The third-order valence-corrected chi connectivity index (χ3v) is 6.29. The molecule has 0 aliphatic carbocycles. The molecule has 1 unspecified atom stereocenters. The van der Waals surface area contributed by atoms with Crippen LogP contribution in [0.15, 0.2) is 67.0 Å². The van der Waals surface area contributed by atoms with Crippen molar-refractivity contribution in [3.8, 4) is 5.75 Å². The first-order valence-corrected chi connectivity index (χ1v) is 12.9. The maximum atomic E-state index is 13.4. The highest BCUT2D eigenvalue weighted by atomic mass is 35.5. The Morgan fingerprint density at radius 2 is 1.97 bits per heavy atom. The molecule has 186 valence electrons. The van der Waals surface area contributed by atoms with Crippen LogP contribution in [0.5, 0.6) is 5.75 Å². The van der Waals surface area contributed by atoms with Gasteiger partial charge in [0.1, 0.15) is 30.3 Å². The van der Waals surface area contributed by atoms with Crippen LogP contribution in [0.2, 0.25) is 5.02 Å². The standard InChI is InChI=1S/C26H25ClFN5O2S/c1-36-10-9-22(29)26(34)33-18-5-7-23-20(12-18)25(31-15-30-23)32-19-6-8-24(21(27)13-19)35-14-16-3-2-4-17(28)11-16/h2-8,11-13,15,22H,9-10,14,29H2,1H3,(H,33,34)(H,30,31,32). The Hall–Kier alpha value is -3.40. The van der Waals surface area contributed by atoms with Gasteiger partial charge in [-0.2, -0.15) is 11.8 Å². The normalized spacial score (nSPS) is 11.8. The van der Waals surface area contributed by atoms with Crippen LogP contribution < -0.4 is 21.1 Å². The van der Waals surface area contributed by atoms with Crippen LogP contribution in [0.4, 0.5) is 21.6 Å². The summed E-state index contributed by atoms with van der Waals surface area (Å²) in [5, 5.41) is 7.22. The zero-order valence-electron chi connectivity index (χ0n) is 19.5. The van der Waals surface area contributed by atoms with Gasteiger partial charge in [-0.15, -0.1) is 0 Å². The SMILES string of the molecule is CSCCC(N)C(=O)Nc1ccc2ncnc(Nc3ccc(OCc4cccc(F)c4)c(Cl)c3)c2c1. The number of nitrogens with one attached hydrogen (secondary N) is 2. The number of benzene rings is 3. The van der Waals surface area contributed by atoms with Gasteiger partial charge in [0.15, 0.2) is 0 Å². The van der Waals surface area contributed by atoms with Gasteiger partial charge in [-0.05, 0) is 72.5 Å². The van der Waals surface area contributed by atoms with Crippen molar-refractivity contribution in [1.29, 1.82) is 0 Å². The molecule has 0 saturated carbocycles. The Morgan fingerprint density at radius 1 is 1.14 bits per heavy atom. The number of hydrogen-bond donors (Lipinski definition) is 3. The van der Waals surface area contributed by atoms with Crippen molar-refractivity contribution in [2.75, 3.05) is 22.6 Å². The number of aromatic nitrogens is 2. The molecule has 1 heterocycles. The molecule has 0 radical (unpaired) electrons. The van der Waals surface area contributed by atoms with Gasteiger partial charge in [-0.1, -0.05) is 23.7 Å². The van der Waals surface area contributed by atoms with Crippen LogP contribution in [0.3, 0.4) is 0 Å². The fourth-order valence-electron chi connectivity index (χ4n) is 3.47. The molecule has 0 bridgehead atoms. The van der Waals surface area contributed by atoms with Crippen LogP contribution in [-0.2, 0) is 11.4 Å². The Bertz CT molecular complexity index is 1370. The quantitative estimate of drug-likeness (QED) is 0.242. The number of nitrogens with two attached hydrogens (primary N) is 1. The highest BCUT2D eigenvalue weighted by molar-refractivity contribution is 7.98. The first-order valence-electron chi connectivity index (χ1n) is 11.2. The van der Waals surface area contributed by atoms with E-state index in [4.69, 9.17) is 22.1 Å². The van der Waals surface area contributed by atoms with Gasteiger partial charge in [0.25, 0.3) is 0 Å². The molecule has 0 aliphatic heterocycles. The number of hydrogen-bond acceptors (Lipinski definition) is 7. The molecule has 10 heteroatoms. The zero-order chi connectivity index (χ0) is 25.5. The number of fused-ring (bicyclic) bond motifs is 1. The van der Waals surface area contributed by atoms with Crippen molar-refractivity contribution in [3.63, 3.8) is 0 Å². The number of halogens is 2. The van der Waals surface area contributed by atoms with Crippen LogP contribution in [0.25, 0.3) is 10.9 Å². The predicted octanol–water partition coefficient (Wildman–Crippen LogP) is 5.76. The Morgan fingerprint density at radius 3 is 2.75 bits per heavy atom. The van der Waals surface area contributed by atoms with Gasteiger partial charge in [-0.3, -0.25) is 4.79 Å². The average molecular weight is 526 g/mol. The molecule has 0 saturated heterocycles. The second-order valence-electron chi connectivity index (χ2n) is 8.02. The third-order valence-electron chi connectivity index (χ3n) is 5.35. The number of anilines is 3. The number of carbonyl (C=O) groups is 1. The summed E-state index contributed by atoms with van der Waals surface area (Å²) in [6.07, 6.45) is 4.03. The topological polar surface area (TPSA) is 102 Å². The average Bonchev–Trinajstić information content (AvgIpc) is 2.87. The van der Waals surface area contributed by atoms with E-state index in [1.807, 2.05) is 12.3 Å². The molecule has 0 spiro atoms. The summed E-state index contributed by atoms with van der Waals surface area (Å²) < 4.78 is 19.1. The molecule has 1 atom stereocenters. The molecule has 7 nitrogen and oxygen atoms in total. The lowest BCUT2D eigenvalue weighted by Crippen LogP contribution is -2.36. The van der Waals surface area contributed by atoms with E-state index in [0.29, 0.717) is 45.5 Å². The number of thioether (sulfide) groups is 1. The van der Waals surface area contributed by atoms with Gasteiger partial charge in [0.05, 0.1) is 16.6 Å². The van der Waals surface area contributed by atoms with E-state index in [1.165, 1.54) is 18.5 Å². The number of ether oxygens (including phenoxy) is 1. The molecule has 1 amide bonds. The molecular formula is C26H25ClFN5O2S. The maximum absolute atomic E-state index is 13.4. The molecule has 36 heavy (non-hydrogen) atoms. The number of nitrogens with zero attached hydrogens (tertiary/aromatic N) is 2. The van der Waals surface area contributed by atoms with Crippen molar-refractivity contribution < 1.29 is 13.9 Å². The lowest BCUT2D eigenvalue weighted by Gasteiger charge is -2.14. The van der Waals surface area contributed by atoms with Crippen LogP contribution in [-0.4, -0.2) is 33.9 Å². The second-order valence-corrected chi connectivity index (χ2v) is 9.41. The second kappa shape index (κ2) is 12.0. The lowest BCUT2D eigenvalue weighted by atomic mass is 10.1. The number of carbonyl (C=O) groups excluding carboxylic acids is 1. The molecule has 4 aromatic rings. The van der Waals surface area contributed by atoms with E-state index in [9.17, 15) is 9.18 Å². The summed E-state index contributed by atoms with van der Waals surface area (Å²) in [7, 11) is 0.